The van der Waals surface area contributed by atoms with E-state index in [4.69, 9.17) is 0 Å². The molecule has 9 heteroatoms. The second kappa shape index (κ2) is 8.68. The van der Waals surface area contributed by atoms with Crippen LogP contribution in [-0.4, -0.2) is 40.8 Å². The molecule has 4 rings (SSSR count). The van der Waals surface area contributed by atoms with E-state index in [1.165, 1.54) is 28.6 Å². The molecule has 1 N–H and O–H groups in total. The Labute approximate surface area is 181 Å². The minimum absolute atomic E-state index is 0.0362. The van der Waals surface area contributed by atoms with E-state index in [-0.39, 0.29) is 10.8 Å². The molecule has 0 unspecified atom stereocenters. The van der Waals surface area contributed by atoms with Crippen molar-refractivity contribution in [3.63, 3.8) is 0 Å². The van der Waals surface area contributed by atoms with Gasteiger partial charge in [0.05, 0.1) is 4.90 Å². The van der Waals surface area contributed by atoms with E-state index in [2.05, 4.69) is 20.3 Å². The van der Waals surface area contributed by atoms with E-state index in [9.17, 15) is 12.8 Å². The fourth-order valence-electron chi connectivity index (χ4n) is 3.80. The van der Waals surface area contributed by atoms with Gasteiger partial charge >= 0.3 is 0 Å². The van der Waals surface area contributed by atoms with Crippen molar-refractivity contribution in [2.24, 2.45) is 0 Å². The number of halogens is 1. The standard InChI is InChI=1S/C22H24FN5O2S/c1-15-13-16(2)25-22(24-15)27-21-7-3-6-20(26-21)17-5-4-12-28(14-17)31(29,30)19-10-8-18(23)9-11-19/h3,6-11,13,17H,4-5,12,14H2,1-2H3,(H,24,25,26,27)/t17-/m1/s1. The molecule has 1 aliphatic heterocycles. The zero-order valence-corrected chi connectivity index (χ0v) is 18.2. The molecule has 3 heterocycles. The molecule has 2 aromatic heterocycles. The molecular weight excluding hydrogens is 417 g/mol. The Balaban J connectivity index is 1.53. The SMILES string of the molecule is Cc1cc(C)nc(Nc2cccc([C@@H]3CCCN(S(=O)(=O)c4ccc(F)cc4)C3)n2)n1. The Kier molecular flexibility index (Phi) is 5.97. The Morgan fingerprint density at radius 2 is 1.74 bits per heavy atom. The predicted octanol–water partition coefficient (Wildman–Crippen LogP) is 3.94. The first-order chi connectivity index (χ1) is 14.8. The Morgan fingerprint density at radius 3 is 2.45 bits per heavy atom. The molecule has 31 heavy (non-hydrogen) atoms. The van der Waals surface area contributed by atoms with Gasteiger partial charge in [0.2, 0.25) is 16.0 Å². The molecule has 7 nitrogen and oxygen atoms in total. The van der Waals surface area contributed by atoms with Gasteiger partial charge in [-0.2, -0.15) is 4.31 Å². The van der Waals surface area contributed by atoms with Gasteiger partial charge in [0, 0.05) is 36.1 Å². The molecule has 0 spiro atoms. The van der Waals surface area contributed by atoms with E-state index in [0.717, 1.165) is 29.9 Å². The number of nitrogens with one attached hydrogen (secondary N) is 1. The average Bonchev–Trinajstić information content (AvgIpc) is 2.74. The number of hydrogen-bond donors (Lipinski definition) is 1. The van der Waals surface area contributed by atoms with E-state index in [1.807, 2.05) is 38.1 Å². The van der Waals surface area contributed by atoms with E-state index in [0.29, 0.717) is 24.9 Å². The lowest BCUT2D eigenvalue weighted by atomic mass is 9.96. The second-order valence-corrected chi connectivity index (χ2v) is 9.64. The molecule has 1 fully saturated rings. The highest BCUT2D eigenvalue weighted by Crippen LogP contribution is 2.30. The van der Waals surface area contributed by atoms with Crippen LogP contribution in [0.3, 0.4) is 0 Å². The molecule has 1 atom stereocenters. The summed E-state index contributed by atoms with van der Waals surface area (Å²) in [6.07, 6.45) is 1.57. The third-order valence-electron chi connectivity index (χ3n) is 5.25. The zero-order valence-electron chi connectivity index (χ0n) is 17.4. The van der Waals surface area contributed by atoms with E-state index >= 15 is 0 Å². The number of sulfonamides is 1. The maximum atomic E-state index is 13.2. The molecule has 0 bridgehead atoms. The van der Waals surface area contributed by atoms with Crippen LogP contribution in [0.15, 0.2) is 53.4 Å². The first kappa shape index (κ1) is 21.3. The number of piperidine rings is 1. The highest BCUT2D eigenvalue weighted by atomic mass is 32.2. The van der Waals surface area contributed by atoms with Gasteiger partial charge in [-0.3, -0.25) is 0 Å². The molecule has 1 saturated heterocycles. The summed E-state index contributed by atoms with van der Waals surface area (Å²) in [6, 6.07) is 12.5. The van der Waals surface area contributed by atoms with Gasteiger partial charge in [-0.05, 0) is 69.2 Å². The van der Waals surface area contributed by atoms with Crippen LogP contribution in [-0.2, 0) is 10.0 Å². The quantitative estimate of drug-likeness (QED) is 0.645. The molecule has 0 aliphatic carbocycles. The van der Waals surface area contributed by atoms with Crippen LogP contribution >= 0.6 is 0 Å². The molecule has 162 valence electrons. The predicted molar refractivity (Wildman–Crippen MR) is 116 cm³/mol. The Bertz CT molecular complexity index is 1160. The largest absolute Gasteiger partial charge is 0.309 e. The summed E-state index contributed by atoms with van der Waals surface area (Å²) in [7, 11) is -3.68. The molecule has 0 amide bonds. The van der Waals surface area contributed by atoms with Crippen LogP contribution in [0.25, 0.3) is 0 Å². The van der Waals surface area contributed by atoms with Crippen LogP contribution in [0.1, 0.15) is 35.8 Å². The summed E-state index contributed by atoms with van der Waals surface area (Å²) >= 11 is 0. The molecule has 1 aliphatic rings. The third kappa shape index (κ3) is 4.88. The maximum Gasteiger partial charge on any atom is 0.243 e. The van der Waals surface area contributed by atoms with Crippen LogP contribution in [0.5, 0.6) is 0 Å². The van der Waals surface area contributed by atoms with Crippen molar-refractivity contribution in [1.29, 1.82) is 0 Å². The van der Waals surface area contributed by atoms with Crippen molar-refractivity contribution in [1.82, 2.24) is 19.3 Å². The first-order valence-corrected chi connectivity index (χ1v) is 11.6. The first-order valence-electron chi connectivity index (χ1n) is 10.1. The fraction of sp³-hybridized carbons (Fsp3) is 0.318. The topological polar surface area (TPSA) is 88.1 Å². The lowest BCUT2D eigenvalue weighted by Gasteiger charge is -2.31. The van der Waals surface area contributed by atoms with E-state index < -0.39 is 15.8 Å². The summed E-state index contributed by atoms with van der Waals surface area (Å²) in [4.78, 5) is 13.5. The summed E-state index contributed by atoms with van der Waals surface area (Å²) in [5.74, 6) is 0.593. The Morgan fingerprint density at radius 1 is 1.03 bits per heavy atom. The lowest BCUT2D eigenvalue weighted by Crippen LogP contribution is -2.39. The van der Waals surface area contributed by atoms with Crippen molar-refractivity contribution in [3.05, 3.63) is 71.4 Å². The summed E-state index contributed by atoms with van der Waals surface area (Å²) in [5, 5.41) is 3.14. The minimum Gasteiger partial charge on any atom is -0.309 e. The number of benzene rings is 1. The molecule has 0 saturated carbocycles. The van der Waals surface area contributed by atoms with Crippen molar-refractivity contribution in [2.45, 2.75) is 37.5 Å². The van der Waals surface area contributed by atoms with Crippen molar-refractivity contribution < 1.29 is 12.8 Å². The average molecular weight is 442 g/mol. The maximum absolute atomic E-state index is 13.2. The zero-order chi connectivity index (χ0) is 22.0. The monoisotopic (exact) mass is 441 g/mol. The number of rotatable bonds is 5. The van der Waals surface area contributed by atoms with E-state index in [1.54, 1.807) is 0 Å². The highest BCUT2D eigenvalue weighted by molar-refractivity contribution is 7.89. The smallest absolute Gasteiger partial charge is 0.243 e. The van der Waals surface area contributed by atoms with Crippen LogP contribution in [0.2, 0.25) is 0 Å². The number of hydrogen-bond acceptors (Lipinski definition) is 6. The number of pyridine rings is 1. The van der Waals surface area contributed by atoms with Gasteiger partial charge in [0.1, 0.15) is 11.6 Å². The summed E-state index contributed by atoms with van der Waals surface area (Å²) < 4.78 is 40.7. The number of nitrogens with zero attached hydrogens (tertiary/aromatic N) is 4. The van der Waals surface area contributed by atoms with Crippen molar-refractivity contribution in [2.75, 3.05) is 18.4 Å². The summed E-state index contributed by atoms with van der Waals surface area (Å²) in [6.45, 7) is 4.57. The lowest BCUT2D eigenvalue weighted by molar-refractivity contribution is 0.313. The normalized spacial score (nSPS) is 17.5. The van der Waals surface area contributed by atoms with Gasteiger partial charge in [-0.25, -0.2) is 27.8 Å². The van der Waals surface area contributed by atoms with Crippen LogP contribution < -0.4 is 5.32 Å². The highest BCUT2D eigenvalue weighted by Gasteiger charge is 2.31. The number of aryl methyl sites for hydroxylation is 2. The van der Waals surface area contributed by atoms with Gasteiger partial charge in [0.25, 0.3) is 0 Å². The second-order valence-electron chi connectivity index (χ2n) is 7.70. The van der Waals surface area contributed by atoms with Gasteiger partial charge in [0.15, 0.2) is 0 Å². The van der Waals surface area contributed by atoms with Crippen LogP contribution in [0.4, 0.5) is 16.2 Å². The van der Waals surface area contributed by atoms with Gasteiger partial charge in [-0.1, -0.05) is 6.07 Å². The third-order valence-corrected chi connectivity index (χ3v) is 7.13. The van der Waals surface area contributed by atoms with Gasteiger partial charge < -0.3 is 5.32 Å². The number of anilines is 2. The molecule has 3 aromatic rings. The number of aromatic nitrogens is 3. The summed E-state index contributed by atoms with van der Waals surface area (Å²) in [5.41, 5.74) is 2.54. The van der Waals surface area contributed by atoms with Gasteiger partial charge in [-0.15, -0.1) is 0 Å². The molecule has 1 aromatic carbocycles. The molecule has 0 radical (unpaired) electrons. The Hall–Kier alpha value is -2.91. The van der Waals surface area contributed by atoms with Crippen molar-refractivity contribution >= 4 is 21.8 Å². The molecular formula is C22H24FN5O2S. The minimum atomic E-state index is -3.68. The fourth-order valence-corrected chi connectivity index (χ4v) is 5.33. The van der Waals surface area contributed by atoms with Crippen LogP contribution in [0, 0.1) is 19.7 Å². The van der Waals surface area contributed by atoms with Crippen molar-refractivity contribution in [3.8, 4) is 0 Å².